The number of aliphatic hydroxyl groups is 1. The zero-order valence-electron chi connectivity index (χ0n) is 10.6. The quantitative estimate of drug-likeness (QED) is 0.921. The average Bonchev–Trinajstić information content (AvgIpc) is 2.73. The summed E-state index contributed by atoms with van der Waals surface area (Å²) in [6.45, 7) is 4.55. The van der Waals surface area contributed by atoms with Crippen molar-refractivity contribution in [3.63, 3.8) is 0 Å². The van der Waals surface area contributed by atoms with Gasteiger partial charge in [0, 0.05) is 6.54 Å². The van der Waals surface area contributed by atoms with E-state index in [9.17, 15) is 5.11 Å². The van der Waals surface area contributed by atoms with Crippen LogP contribution in [0.25, 0.3) is 0 Å². The van der Waals surface area contributed by atoms with Gasteiger partial charge in [-0.1, -0.05) is 48.9 Å². The molecule has 0 bridgehead atoms. The minimum atomic E-state index is -1.13. The Morgan fingerprint density at radius 2 is 2.00 bits per heavy atom. The van der Waals surface area contributed by atoms with Crippen molar-refractivity contribution >= 4 is 11.6 Å². The number of hydrogen-bond donors (Lipinski definition) is 1. The molecule has 18 heavy (non-hydrogen) atoms. The molecular weight excluding hydrogens is 248 g/mol. The number of benzene rings is 1. The Balaban J connectivity index is 2.50. The smallest absolute Gasteiger partial charge is 0.130 e. The summed E-state index contributed by atoms with van der Waals surface area (Å²) in [6, 6.07) is 9.50. The second-order valence-corrected chi connectivity index (χ2v) is 4.91. The number of aryl methyl sites for hydroxylation is 1. The van der Waals surface area contributed by atoms with Gasteiger partial charge in [0.25, 0.3) is 0 Å². The highest BCUT2D eigenvalue weighted by Crippen LogP contribution is 2.33. The van der Waals surface area contributed by atoms with Crippen LogP contribution in [0.2, 0.25) is 5.02 Å². The van der Waals surface area contributed by atoms with Crippen LogP contribution in [-0.4, -0.2) is 14.9 Å². The van der Waals surface area contributed by atoms with E-state index >= 15 is 0 Å². The largest absolute Gasteiger partial charge is 0.379 e. The molecule has 2 aromatic rings. The highest BCUT2D eigenvalue weighted by atomic mass is 35.5. The monoisotopic (exact) mass is 264 g/mol. The van der Waals surface area contributed by atoms with Crippen LogP contribution in [0.3, 0.4) is 0 Å². The fraction of sp³-hybridized carbons (Fsp3) is 0.357. The molecule has 0 amide bonds. The first-order chi connectivity index (χ1) is 8.57. The number of rotatable bonds is 4. The van der Waals surface area contributed by atoms with E-state index in [-0.39, 0.29) is 0 Å². The molecule has 3 nitrogen and oxygen atoms in total. The summed E-state index contributed by atoms with van der Waals surface area (Å²) >= 11 is 6.17. The summed E-state index contributed by atoms with van der Waals surface area (Å²) in [5, 5.41) is 15.5. The van der Waals surface area contributed by atoms with Crippen molar-refractivity contribution in [2.75, 3.05) is 0 Å². The molecule has 0 saturated heterocycles. The Bertz CT molecular complexity index is 520. The van der Waals surface area contributed by atoms with E-state index < -0.39 is 5.60 Å². The molecule has 4 heteroatoms. The topological polar surface area (TPSA) is 38.0 Å². The lowest BCUT2D eigenvalue weighted by Gasteiger charge is -2.25. The Labute approximate surface area is 112 Å². The number of halogens is 1. The van der Waals surface area contributed by atoms with E-state index in [4.69, 9.17) is 11.6 Å². The highest BCUT2D eigenvalue weighted by molar-refractivity contribution is 6.31. The molecule has 0 fully saturated rings. The van der Waals surface area contributed by atoms with Gasteiger partial charge in [-0.3, -0.25) is 4.68 Å². The van der Waals surface area contributed by atoms with Gasteiger partial charge in [-0.2, -0.15) is 5.10 Å². The summed E-state index contributed by atoms with van der Waals surface area (Å²) in [4.78, 5) is 0. The predicted octanol–water partition coefficient (Wildman–Crippen LogP) is 3.20. The molecule has 1 N–H and O–H groups in total. The fourth-order valence-electron chi connectivity index (χ4n) is 2.13. The molecule has 96 valence electrons. The van der Waals surface area contributed by atoms with Crippen molar-refractivity contribution in [2.45, 2.75) is 32.4 Å². The molecule has 1 unspecified atom stereocenters. The maximum absolute atomic E-state index is 10.8. The molecular formula is C14H17ClN2O. The molecule has 0 saturated carbocycles. The van der Waals surface area contributed by atoms with Gasteiger partial charge in [0.2, 0.25) is 0 Å². The van der Waals surface area contributed by atoms with Gasteiger partial charge < -0.3 is 5.11 Å². The minimum absolute atomic E-state index is 0.498. The lowest BCUT2D eigenvalue weighted by Crippen LogP contribution is -2.27. The molecule has 0 spiro atoms. The number of nitrogens with zero attached hydrogens (tertiary/aromatic N) is 2. The third-order valence-electron chi connectivity index (χ3n) is 3.03. The Morgan fingerprint density at radius 1 is 1.33 bits per heavy atom. The van der Waals surface area contributed by atoms with Gasteiger partial charge in [0.15, 0.2) is 0 Å². The van der Waals surface area contributed by atoms with Crippen LogP contribution in [0.5, 0.6) is 0 Å². The van der Waals surface area contributed by atoms with E-state index in [0.717, 1.165) is 18.5 Å². The second-order valence-electron chi connectivity index (χ2n) is 4.50. The summed E-state index contributed by atoms with van der Waals surface area (Å²) in [6.07, 6.45) is 2.53. The predicted molar refractivity (Wildman–Crippen MR) is 72.6 cm³/mol. The van der Waals surface area contributed by atoms with Gasteiger partial charge in [-0.15, -0.1) is 0 Å². The SMILES string of the molecule is CCCn1ncc(Cl)c1C(C)(O)c1ccccc1. The first kappa shape index (κ1) is 13.1. The van der Waals surface area contributed by atoms with Crippen LogP contribution < -0.4 is 0 Å². The summed E-state index contributed by atoms with van der Waals surface area (Å²) in [7, 11) is 0. The number of aromatic nitrogens is 2. The zero-order chi connectivity index (χ0) is 13.2. The van der Waals surface area contributed by atoms with Crippen molar-refractivity contribution in [1.82, 2.24) is 9.78 Å². The van der Waals surface area contributed by atoms with Crippen LogP contribution in [0.1, 0.15) is 31.5 Å². The van der Waals surface area contributed by atoms with Crippen molar-refractivity contribution in [3.05, 3.63) is 52.8 Å². The van der Waals surface area contributed by atoms with Crippen LogP contribution in [0.4, 0.5) is 0 Å². The van der Waals surface area contributed by atoms with E-state index in [0.29, 0.717) is 10.7 Å². The van der Waals surface area contributed by atoms with Gasteiger partial charge in [-0.25, -0.2) is 0 Å². The Morgan fingerprint density at radius 3 is 2.61 bits per heavy atom. The molecule has 1 atom stereocenters. The van der Waals surface area contributed by atoms with Gasteiger partial charge in [-0.05, 0) is 18.9 Å². The lowest BCUT2D eigenvalue weighted by molar-refractivity contribution is 0.0915. The van der Waals surface area contributed by atoms with Crippen LogP contribution in [0.15, 0.2) is 36.5 Å². The van der Waals surface area contributed by atoms with Crippen molar-refractivity contribution in [1.29, 1.82) is 0 Å². The lowest BCUT2D eigenvalue weighted by atomic mass is 9.92. The molecule has 2 rings (SSSR count). The molecule has 0 aliphatic carbocycles. The zero-order valence-corrected chi connectivity index (χ0v) is 11.4. The minimum Gasteiger partial charge on any atom is -0.379 e. The molecule has 0 radical (unpaired) electrons. The molecule has 1 heterocycles. The Hall–Kier alpha value is -1.32. The van der Waals surface area contributed by atoms with Crippen LogP contribution in [0, 0.1) is 0 Å². The maximum Gasteiger partial charge on any atom is 0.130 e. The molecule has 0 aliphatic heterocycles. The van der Waals surface area contributed by atoms with Crippen molar-refractivity contribution < 1.29 is 5.11 Å². The van der Waals surface area contributed by atoms with E-state index in [1.165, 1.54) is 0 Å². The van der Waals surface area contributed by atoms with Crippen LogP contribution >= 0.6 is 11.6 Å². The number of hydrogen-bond acceptors (Lipinski definition) is 2. The summed E-state index contributed by atoms with van der Waals surface area (Å²) in [5.74, 6) is 0. The fourth-order valence-corrected chi connectivity index (χ4v) is 2.45. The third kappa shape index (κ3) is 2.28. The first-order valence-corrected chi connectivity index (χ1v) is 6.45. The standard InChI is InChI=1S/C14H17ClN2O/c1-3-9-17-13(12(15)10-16-17)14(2,18)11-7-5-4-6-8-11/h4-8,10,18H,3,9H2,1-2H3. The van der Waals surface area contributed by atoms with Crippen LogP contribution in [-0.2, 0) is 12.1 Å². The third-order valence-corrected chi connectivity index (χ3v) is 3.30. The van der Waals surface area contributed by atoms with E-state index in [1.54, 1.807) is 17.8 Å². The van der Waals surface area contributed by atoms with Crippen molar-refractivity contribution in [2.24, 2.45) is 0 Å². The van der Waals surface area contributed by atoms with Gasteiger partial charge in [0.1, 0.15) is 5.60 Å². The summed E-state index contributed by atoms with van der Waals surface area (Å²) < 4.78 is 1.77. The van der Waals surface area contributed by atoms with Gasteiger partial charge >= 0.3 is 0 Å². The average molecular weight is 265 g/mol. The normalized spacial score (nSPS) is 14.4. The van der Waals surface area contributed by atoms with E-state index in [1.807, 2.05) is 30.3 Å². The Kier molecular flexibility index (Phi) is 3.73. The molecule has 1 aromatic carbocycles. The summed E-state index contributed by atoms with van der Waals surface area (Å²) in [5.41, 5.74) is 0.325. The maximum atomic E-state index is 10.8. The highest BCUT2D eigenvalue weighted by Gasteiger charge is 2.31. The molecule has 0 aliphatic rings. The van der Waals surface area contributed by atoms with Crippen molar-refractivity contribution in [3.8, 4) is 0 Å². The first-order valence-electron chi connectivity index (χ1n) is 6.07. The molecule has 1 aromatic heterocycles. The van der Waals surface area contributed by atoms with E-state index in [2.05, 4.69) is 12.0 Å². The second kappa shape index (κ2) is 5.12. The van der Waals surface area contributed by atoms with Gasteiger partial charge in [0.05, 0.1) is 16.9 Å².